The number of carboxylic acid groups (broad SMARTS) is 1. The molecule has 0 spiro atoms. The van der Waals surface area contributed by atoms with E-state index in [2.05, 4.69) is 10.6 Å². The highest BCUT2D eigenvalue weighted by Gasteiger charge is 2.25. The Hall–Kier alpha value is -3.92. The molecule has 3 rings (SSSR count). The number of likely N-dealkylation sites (tertiary alicyclic amines) is 1. The molecule has 10 heteroatoms. The number of nitrogens with zero attached hydrogens (tertiary/aromatic N) is 1. The molecule has 1 aliphatic rings. The number of hydrogen-bond acceptors (Lipinski definition) is 6. The second-order valence-electron chi connectivity index (χ2n) is 8.62. The van der Waals surface area contributed by atoms with Crippen LogP contribution in [-0.2, 0) is 25.7 Å². The summed E-state index contributed by atoms with van der Waals surface area (Å²) in [6.45, 7) is 2.54. The number of anilines is 1. The molecule has 3 N–H and O–H groups in total. The van der Waals surface area contributed by atoms with Crippen molar-refractivity contribution >= 4 is 29.6 Å². The highest BCUT2D eigenvalue weighted by Crippen LogP contribution is 2.16. The molecule has 1 atom stereocenters. The molecule has 1 heterocycles. The molecule has 3 amide bonds. The zero-order chi connectivity index (χ0) is 25.9. The molecule has 1 unspecified atom stereocenters. The number of rotatable bonds is 10. The number of piperidine rings is 1. The fourth-order valence-corrected chi connectivity index (χ4v) is 3.58. The van der Waals surface area contributed by atoms with E-state index < -0.39 is 17.8 Å². The van der Waals surface area contributed by atoms with E-state index in [9.17, 15) is 19.2 Å². The van der Waals surface area contributed by atoms with Crippen molar-refractivity contribution < 1.29 is 33.8 Å². The van der Waals surface area contributed by atoms with Gasteiger partial charge in [0.25, 0.3) is 5.91 Å². The van der Waals surface area contributed by atoms with Crippen LogP contribution >= 0.6 is 0 Å². The molecule has 0 saturated carbocycles. The van der Waals surface area contributed by atoms with Crippen molar-refractivity contribution in [2.24, 2.45) is 5.92 Å². The van der Waals surface area contributed by atoms with Crippen LogP contribution in [0, 0.1) is 5.92 Å². The lowest BCUT2D eigenvalue weighted by Gasteiger charge is -2.31. The number of benzene rings is 2. The Balaban J connectivity index is 1.37. The summed E-state index contributed by atoms with van der Waals surface area (Å²) in [6, 6.07) is 15.8. The number of carbonyl (C=O) groups excluding carboxylic acids is 3. The van der Waals surface area contributed by atoms with E-state index in [4.69, 9.17) is 14.6 Å². The van der Waals surface area contributed by atoms with Gasteiger partial charge >= 0.3 is 12.1 Å². The predicted molar refractivity (Wildman–Crippen MR) is 131 cm³/mol. The van der Waals surface area contributed by atoms with Crippen molar-refractivity contribution in [3.05, 3.63) is 65.7 Å². The SMILES string of the molecule is CC(CNC(=O)c1cccc(NC(=O)COC2CCN(C(=O)OCc3ccccc3)CC2)c1)C(=O)O. The smallest absolute Gasteiger partial charge is 0.410 e. The van der Waals surface area contributed by atoms with E-state index in [0.29, 0.717) is 37.2 Å². The number of aliphatic carboxylic acids is 1. The van der Waals surface area contributed by atoms with Crippen LogP contribution in [0.1, 0.15) is 35.7 Å². The van der Waals surface area contributed by atoms with Crippen LogP contribution in [0.5, 0.6) is 0 Å². The zero-order valence-electron chi connectivity index (χ0n) is 20.1. The summed E-state index contributed by atoms with van der Waals surface area (Å²) < 4.78 is 11.1. The number of carboxylic acids is 1. The number of nitrogens with one attached hydrogen (secondary N) is 2. The highest BCUT2D eigenvalue weighted by atomic mass is 16.6. The quantitative estimate of drug-likeness (QED) is 0.459. The van der Waals surface area contributed by atoms with Gasteiger partial charge in [0.15, 0.2) is 0 Å². The lowest BCUT2D eigenvalue weighted by atomic mass is 10.1. The van der Waals surface area contributed by atoms with Gasteiger partial charge in [-0.15, -0.1) is 0 Å². The van der Waals surface area contributed by atoms with Crippen LogP contribution in [0.15, 0.2) is 54.6 Å². The van der Waals surface area contributed by atoms with Gasteiger partial charge < -0.3 is 30.1 Å². The van der Waals surface area contributed by atoms with Crippen molar-refractivity contribution in [2.45, 2.75) is 32.5 Å². The van der Waals surface area contributed by atoms with Gasteiger partial charge in [-0.1, -0.05) is 43.3 Å². The largest absolute Gasteiger partial charge is 0.481 e. The maximum atomic E-state index is 12.3. The Bertz CT molecular complexity index is 1050. The van der Waals surface area contributed by atoms with Gasteiger partial charge in [0.2, 0.25) is 5.91 Å². The van der Waals surface area contributed by atoms with E-state index in [1.807, 2.05) is 30.3 Å². The van der Waals surface area contributed by atoms with Crippen molar-refractivity contribution in [3.8, 4) is 0 Å². The molecule has 0 aliphatic carbocycles. The van der Waals surface area contributed by atoms with Crippen LogP contribution < -0.4 is 10.6 Å². The summed E-state index contributed by atoms with van der Waals surface area (Å²) in [7, 11) is 0. The molecule has 1 saturated heterocycles. The molecule has 2 aromatic rings. The van der Waals surface area contributed by atoms with Gasteiger partial charge in [0.1, 0.15) is 13.2 Å². The monoisotopic (exact) mass is 497 g/mol. The first-order valence-electron chi connectivity index (χ1n) is 11.8. The first-order chi connectivity index (χ1) is 17.3. The Labute approximate surface area is 209 Å². The fraction of sp³-hybridized carbons (Fsp3) is 0.385. The maximum absolute atomic E-state index is 12.3. The van der Waals surface area contributed by atoms with Crippen LogP contribution in [-0.4, -0.2) is 66.2 Å². The average Bonchev–Trinajstić information content (AvgIpc) is 2.90. The van der Waals surface area contributed by atoms with Gasteiger partial charge in [-0.3, -0.25) is 14.4 Å². The number of carbonyl (C=O) groups is 4. The molecule has 10 nitrogen and oxygen atoms in total. The molecule has 2 aromatic carbocycles. The van der Waals surface area contributed by atoms with Crippen LogP contribution in [0.2, 0.25) is 0 Å². The lowest BCUT2D eigenvalue weighted by molar-refractivity contribution is -0.140. The molecule has 1 fully saturated rings. The van der Waals surface area contributed by atoms with Gasteiger partial charge in [0.05, 0.1) is 12.0 Å². The zero-order valence-corrected chi connectivity index (χ0v) is 20.1. The fourth-order valence-electron chi connectivity index (χ4n) is 3.58. The predicted octanol–water partition coefficient (Wildman–Crippen LogP) is 2.89. The van der Waals surface area contributed by atoms with E-state index in [0.717, 1.165) is 5.56 Å². The van der Waals surface area contributed by atoms with Gasteiger partial charge in [-0.05, 0) is 36.6 Å². The minimum absolute atomic E-state index is 0.00214. The third-order valence-corrected chi connectivity index (χ3v) is 5.75. The Morgan fingerprint density at radius 2 is 1.78 bits per heavy atom. The average molecular weight is 498 g/mol. The third kappa shape index (κ3) is 8.38. The second kappa shape index (κ2) is 13.2. The summed E-state index contributed by atoms with van der Waals surface area (Å²) in [4.78, 5) is 49.4. The molecule has 1 aliphatic heterocycles. The molecule has 0 aromatic heterocycles. The molecule has 0 radical (unpaired) electrons. The Morgan fingerprint density at radius 1 is 1.06 bits per heavy atom. The van der Waals surface area contributed by atoms with E-state index in [-0.39, 0.29) is 37.9 Å². The molecule has 36 heavy (non-hydrogen) atoms. The number of ether oxygens (including phenoxy) is 2. The number of amides is 3. The summed E-state index contributed by atoms with van der Waals surface area (Å²) in [5, 5.41) is 14.2. The van der Waals surface area contributed by atoms with Crippen molar-refractivity contribution in [1.29, 1.82) is 0 Å². The minimum atomic E-state index is -0.995. The summed E-state index contributed by atoms with van der Waals surface area (Å²) in [5.41, 5.74) is 1.66. The third-order valence-electron chi connectivity index (χ3n) is 5.75. The lowest BCUT2D eigenvalue weighted by Crippen LogP contribution is -2.41. The van der Waals surface area contributed by atoms with Crippen molar-refractivity contribution in [3.63, 3.8) is 0 Å². The first-order valence-corrected chi connectivity index (χ1v) is 11.8. The minimum Gasteiger partial charge on any atom is -0.481 e. The van der Waals surface area contributed by atoms with Gasteiger partial charge in [-0.25, -0.2) is 4.79 Å². The molecule has 192 valence electrons. The van der Waals surface area contributed by atoms with Crippen LogP contribution in [0.4, 0.5) is 10.5 Å². The van der Waals surface area contributed by atoms with Crippen molar-refractivity contribution in [2.75, 3.05) is 31.6 Å². The molecular formula is C26H31N3O7. The van der Waals surface area contributed by atoms with E-state index in [1.54, 1.807) is 23.1 Å². The topological polar surface area (TPSA) is 134 Å². The van der Waals surface area contributed by atoms with E-state index >= 15 is 0 Å². The molecule has 0 bridgehead atoms. The first kappa shape index (κ1) is 26.7. The summed E-state index contributed by atoms with van der Waals surface area (Å²) in [6.07, 6.45) is 0.676. The highest BCUT2D eigenvalue weighted by molar-refractivity contribution is 5.97. The molecular weight excluding hydrogens is 466 g/mol. The summed E-state index contributed by atoms with van der Waals surface area (Å²) >= 11 is 0. The van der Waals surface area contributed by atoms with Gasteiger partial charge in [-0.2, -0.15) is 0 Å². The van der Waals surface area contributed by atoms with Crippen LogP contribution in [0.25, 0.3) is 0 Å². The maximum Gasteiger partial charge on any atom is 0.410 e. The summed E-state index contributed by atoms with van der Waals surface area (Å²) in [5.74, 6) is -2.49. The van der Waals surface area contributed by atoms with E-state index in [1.165, 1.54) is 13.0 Å². The van der Waals surface area contributed by atoms with Gasteiger partial charge in [0, 0.05) is 30.9 Å². The number of hydrogen-bond donors (Lipinski definition) is 3. The second-order valence-corrected chi connectivity index (χ2v) is 8.62. The Morgan fingerprint density at radius 3 is 2.47 bits per heavy atom. The van der Waals surface area contributed by atoms with Crippen LogP contribution in [0.3, 0.4) is 0 Å². The van der Waals surface area contributed by atoms with Crippen molar-refractivity contribution in [1.82, 2.24) is 10.2 Å². The Kier molecular flexibility index (Phi) is 9.82. The normalized spacial score (nSPS) is 14.5. The standard InChI is InChI=1S/C26H31N3O7/c1-18(25(32)33)15-27-24(31)20-8-5-9-21(14-20)28-23(30)17-35-22-10-12-29(13-11-22)26(34)36-16-19-6-3-2-4-7-19/h2-9,14,18,22H,10-13,15-17H2,1H3,(H,27,31)(H,28,30)(H,32,33).